The summed E-state index contributed by atoms with van der Waals surface area (Å²) in [5.74, 6) is 0. The molecule has 1 heterocycles. The smallest absolute Gasteiger partial charge is 0.0344 e. The van der Waals surface area contributed by atoms with Gasteiger partial charge >= 0.3 is 0 Å². The molecule has 0 spiro atoms. The average Bonchev–Trinajstić information content (AvgIpc) is 2.68. The fraction of sp³-hybridized carbons (Fsp3) is 0.231. The van der Waals surface area contributed by atoms with Crippen LogP contribution in [-0.2, 0) is 6.42 Å². The van der Waals surface area contributed by atoms with E-state index in [1.807, 2.05) is 12.1 Å². The van der Waals surface area contributed by atoms with Crippen LogP contribution >= 0.6 is 27.3 Å². The molecule has 0 aliphatic rings. The molecule has 0 bridgehead atoms. The predicted octanol–water partition coefficient (Wildman–Crippen LogP) is 4.06. The van der Waals surface area contributed by atoms with E-state index in [1.165, 1.54) is 16.0 Å². The number of aryl methyl sites for hydroxylation is 1. The van der Waals surface area contributed by atoms with Gasteiger partial charge < -0.3 is 5.73 Å². The van der Waals surface area contributed by atoms with Crippen molar-refractivity contribution in [3.63, 3.8) is 0 Å². The lowest BCUT2D eigenvalue weighted by Gasteiger charge is -2.11. The minimum atomic E-state index is 0.0867. The Hall–Kier alpha value is -0.640. The van der Waals surface area contributed by atoms with Crippen LogP contribution in [0.25, 0.3) is 0 Å². The zero-order valence-electron chi connectivity index (χ0n) is 9.11. The zero-order chi connectivity index (χ0) is 11.5. The quantitative estimate of drug-likeness (QED) is 0.908. The Morgan fingerprint density at radius 1 is 1.38 bits per heavy atom. The third kappa shape index (κ3) is 2.73. The van der Waals surface area contributed by atoms with Crippen molar-refractivity contribution in [2.75, 3.05) is 0 Å². The van der Waals surface area contributed by atoms with Crippen LogP contribution in [0.2, 0.25) is 0 Å². The van der Waals surface area contributed by atoms with Crippen molar-refractivity contribution >= 4 is 27.3 Å². The normalized spacial score (nSPS) is 12.7. The molecule has 1 nitrogen and oxygen atoms in total. The molecule has 1 atom stereocenters. The number of halogens is 1. The molecule has 1 aromatic carbocycles. The third-order valence-corrected chi connectivity index (χ3v) is 4.23. The van der Waals surface area contributed by atoms with Crippen LogP contribution in [0, 0.1) is 6.92 Å². The highest BCUT2D eigenvalue weighted by Gasteiger charge is 2.10. The predicted molar refractivity (Wildman–Crippen MR) is 73.8 cm³/mol. The van der Waals surface area contributed by atoms with Crippen LogP contribution in [0.3, 0.4) is 0 Å². The van der Waals surface area contributed by atoms with Gasteiger partial charge in [-0.05, 0) is 42.0 Å². The van der Waals surface area contributed by atoms with E-state index in [0.29, 0.717) is 0 Å². The Labute approximate surface area is 108 Å². The second-order valence-corrected chi connectivity index (χ2v) is 5.86. The molecule has 3 heteroatoms. The molecule has 1 unspecified atom stereocenters. The molecule has 0 fully saturated rings. The van der Waals surface area contributed by atoms with Crippen molar-refractivity contribution < 1.29 is 0 Å². The number of rotatable bonds is 3. The molecule has 0 aliphatic carbocycles. The van der Waals surface area contributed by atoms with Gasteiger partial charge in [0.05, 0.1) is 0 Å². The first-order valence-electron chi connectivity index (χ1n) is 5.21. The van der Waals surface area contributed by atoms with E-state index in [-0.39, 0.29) is 6.04 Å². The number of nitrogens with two attached hydrogens (primary N) is 1. The summed E-state index contributed by atoms with van der Waals surface area (Å²) in [6.45, 7) is 2.11. The van der Waals surface area contributed by atoms with Crippen molar-refractivity contribution in [3.05, 3.63) is 56.2 Å². The Morgan fingerprint density at radius 2 is 2.12 bits per heavy atom. The van der Waals surface area contributed by atoms with E-state index < -0.39 is 0 Å². The highest BCUT2D eigenvalue weighted by Crippen LogP contribution is 2.25. The standard InChI is InChI=1S/C13H14BrNS/c1-9-6-11(8-16-9)13(15)7-10-4-2-3-5-12(10)14/h2-6,8,13H,7,15H2,1H3. The minimum absolute atomic E-state index is 0.0867. The van der Waals surface area contributed by atoms with E-state index in [0.717, 1.165) is 10.9 Å². The van der Waals surface area contributed by atoms with E-state index >= 15 is 0 Å². The summed E-state index contributed by atoms with van der Waals surface area (Å²) < 4.78 is 1.14. The number of thiophene rings is 1. The SMILES string of the molecule is Cc1cc(C(N)Cc2ccccc2Br)cs1. The largest absolute Gasteiger partial charge is 0.324 e. The van der Waals surface area contributed by atoms with E-state index in [4.69, 9.17) is 5.73 Å². The maximum Gasteiger partial charge on any atom is 0.0344 e. The van der Waals surface area contributed by atoms with E-state index in [2.05, 4.69) is 46.4 Å². The van der Waals surface area contributed by atoms with Gasteiger partial charge in [-0.15, -0.1) is 11.3 Å². The first-order chi connectivity index (χ1) is 7.66. The van der Waals surface area contributed by atoms with Gasteiger partial charge in [0, 0.05) is 15.4 Å². The van der Waals surface area contributed by atoms with Gasteiger partial charge in [0.15, 0.2) is 0 Å². The number of hydrogen-bond acceptors (Lipinski definition) is 2. The molecule has 0 radical (unpaired) electrons. The molecule has 0 saturated carbocycles. The van der Waals surface area contributed by atoms with Crippen molar-refractivity contribution in [1.82, 2.24) is 0 Å². The fourth-order valence-corrected chi connectivity index (χ4v) is 2.89. The van der Waals surface area contributed by atoms with Gasteiger partial charge in [0.25, 0.3) is 0 Å². The molecule has 0 aliphatic heterocycles. The van der Waals surface area contributed by atoms with Crippen molar-refractivity contribution in [2.24, 2.45) is 5.73 Å². The first-order valence-corrected chi connectivity index (χ1v) is 6.88. The second kappa shape index (κ2) is 5.13. The Balaban J connectivity index is 2.13. The molecule has 16 heavy (non-hydrogen) atoms. The van der Waals surface area contributed by atoms with Gasteiger partial charge in [0.2, 0.25) is 0 Å². The number of hydrogen-bond donors (Lipinski definition) is 1. The molecule has 2 rings (SSSR count). The lowest BCUT2D eigenvalue weighted by molar-refractivity contribution is 0.722. The lowest BCUT2D eigenvalue weighted by Crippen LogP contribution is -2.12. The summed E-state index contributed by atoms with van der Waals surface area (Å²) in [5.41, 5.74) is 8.69. The first kappa shape index (κ1) is 11.8. The Kier molecular flexibility index (Phi) is 3.79. The summed E-state index contributed by atoms with van der Waals surface area (Å²) in [4.78, 5) is 1.32. The maximum absolute atomic E-state index is 6.20. The zero-order valence-corrected chi connectivity index (χ0v) is 11.5. The average molecular weight is 296 g/mol. The summed E-state index contributed by atoms with van der Waals surface area (Å²) in [6.07, 6.45) is 0.873. The Bertz CT molecular complexity index is 478. The molecule has 0 saturated heterocycles. The molecule has 84 valence electrons. The number of benzene rings is 1. The summed E-state index contributed by atoms with van der Waals surface area (Å²) in [7, 11) is 0. The van der Waals surface area contributed by atoms with E-state index in [1.54, 1.807) is 11.3 Å². The van der Waals surface area contributed by atoms with E-state index in [9.17, 15) is 0 Å². The summed E-state index contributed by atoms with van der Waals surface area (Å²) in [6, 6.07) is 10.5. The fourth-order valence-electron chi connectivity index (χ4n) is 1.68. The van der Waals surface area contributed by atoms with Crippen molar-refractivity contribution in [3.8, 4) is 0 Å². The molecular weight excluding hydrogens is 282 g/mol. The molecular formula is C13H14BrNS. The minimum Gasteiger partial charge on any atom is -0.324 e. The van der Waals surface area contributed by atoms with Crippen LogP contribution in [0.15, 0.2) is 40.2 Å². The molecule has 2 N–H and O–H groups in total. The van der Waals surface area contributed by atoms with Gasteiger partial charge in [-0.1, -0.05) is 34.1 Å². The van der Waals surface area contributed by atoms with Crippen molar-refractivity contribution in [2.45, 2.75) is 19.4 Å². The van der Waals surface area contributed by atoms with Crippen LogP contribution in [0.4, 0.5) is 0 Å². The molecule has 1 aromatic heterocycles. The monoisotopic (exact) mass is 295 g/mol. The van der Waals surface area contributed by atoms with Gasteiger partial charge in [-0.3, -0.25) is 0 Å². The van der Waals surface area contributed by atoms with Crippen LogP contribution in [-0.4, -0.2) is 0 Å². The second-order valence-electron chi connectivity index (χ2n) is 3.89. The van der Waals surface area contributed by atoms with Gasteiger partial charge in [-0.25, -0.2) is 0 Å². The molecule has 2 aromatic rings. The Morgan fingerprint density at radius 3 is 2.75 bits per heavy atom. The van der Waals surface area contributed by atoms with Gasteiger partial charge in [-0.2, -0.15) is 0 Å². The highest BCUT2D eigenvalue weighted by molar-refractivity contribution is 9.10. The topological polar surface area (TPSA) is 26.0 Å². The van der Waals surface area contributed by atoms with Gasteiger partial charge in [0.1, 0.15) is 0 Å². The maximum atomic E-state index is 6.20. The van der Waals surface area contributed by atoms with Crippen LogP contribution in [0.5, 0.6) is 0 Å². The summed E-state index contributed by atoms with van der Waals surface area (Å²) >= 11 is 5.31. The van der Waals surface area contributed by atoms with Crippen molar-refractivity contribution in [1.29, 1.82) is 0 Å². The van der Waals surface area contributed by atoms with Crippen LogP contribution < -0.4 is 5.73 Å². The van der Waals surface area contributed by atoms with Crippen LogP contribution in [0.1, 0.15) is 22.0 Å². The highest BCUT2D eigenvalue weighted by atomic mass is 79.9. The lowest BCUT2D eigenvalue weighted by atomic mass is 10.0. The summed E-state index contributed by atoms with van der Waals surface area (Å²) in [5, 5.41) is 2.15. The molecule has 0 amide bonds. The third-order valence-electron chi connectivity index (χ3n) is 2.58.